The highest BCUT2D eigenvalue weighted by Crippen LogP contribution is 2.14. The molecule has 0 fully saturated rings. The molecule has 8 heteroatoms. The average molecular weight is 523 g/mol. The van der Waals surface area contributed by atoms with E-state index in [1.54, 1.807) is 19.2 Å². The summed E-state index contributed by atoms with van der Waals surface area (Å²) in [7, 11) is 1.64. The number of rotatable bonds is 8. The van der Waals surface area contributed by atoms with Crippen molar-refractivity contribution in [2.45, 2.75) is 19.9 Å². The van der Waals surface area contributed by atoms with E-state index >= 15 is 0 Å². The third-order valence-electron chi connectivity index (χ3n) is 4.37. The number of hydrogen-bond acceptors (Lipinski definition) is 3. The van der Waals surface area contributed by atoms with Crippen LogP contribution in [0.4, 0.5) is 4.39 Å². The quantitative estimate of drug-likeness (QED) is 0.267. The van der Waals surface area contributed by atoms with Crippen molar-refractivity contribution in [1.29, 1.82) is 0 Å². The Morgan fingerprint density at radius 3 is 2.57 bits per heavy atom. The highest BCUT2D eigenvalue weighted by Gasteiger charge is 2.04. The maximum Gasteiger partial charge on any atom is 0.191 e. The lowest BCUT2D eigenvalue weighted by molar-refractivity contribution is 0.414. The Balaban J connectivity index is 0.00000320. The minimum atomic E-state index is -0.180. The molecule has 3 rings (SSSR count). The van der Waals surface area contributed by atoms with Gasteiger partial charge >= 0.3 is 0 Å². The number of halogens is 2. The predicted octanol–water partition coefficient (Wildman–Crippen LogP) is 3.94. The second-order valence-corrected chi connectivity index (χ2v) is 6.41. The lowest BCUT2D eigenvalue weighted by atomic mass is 10.1. The van der Waals surface area contributed by atoms with E-state index in [1.165, 1.54) is 6.07 Å². The van der Waals surface area contributed by atoms with Crippen molar-refractivity contribution >= 4 is 29.9 Å². The summed E-state index contributed by atoms with van der Waals surface area (Å²) in [5, 5.41) is 11.0. The standard InChI is InChI=1S/C22H26FN5O.HI/c1-3-24-22(25-14-12-17-6-4-5-7-21(17)23)26-16-18-13-15-28(27-18)19-8-10-20(29-2)11-9-19;/h4-11,13,15H,3,12,14,16H2,1-2H3,(H2,24,25,26);1H. The SMILES string of the molecule is CCNC(=NCc1ccn(-c2ccc(OC)cc2)n1)NCCc1ccccc1F.I. The largest absolute Gasteiger partial charge is 0.497 e. The summed E-state index contributed by atoms with van der Waals surface area (Å²) >= 11 is 0. The smallest absolute Gasteiger partial charge is 0.191 e. The van der Waals surface area contributed by atoms with E-state index in [0.29, 0.717) is 31.0 Å². The first kappa shape index (κ1) is 23.7. The number of aliphatic imine (C=N–C) groups is 1. The van der Waals surface area contributed by atoms with E-state index in [1.807, 2.05) is 54.2 Å². The van der Waals surface area contributed by atoms with Crippen molar-refractivity contribution in [1.82, 2.24) is 20.4 Å². The summed E-state index contributed by atoms with van der Waals surface area (Å²) in [4.78, 5) is 4.58. The highest BCUT2D eigenvalue weighted by atomic mass is 127. The normalized spacial score (nSPS) is 11.0. The molecule has 0 aliphatic rings. The molecule has 2 N–H and O–H groups in total. The van der Waals surface area contributed by atoms with Crippen LogP contribution >= 0.6 is 24.0 Å². The van der Waals surface area contributed by atoms with Gasteiger partial charge in [0.1, 0.15) is 11.6 Å². The number of methoxy groups -OCH3 is 1. The van der Waals surface area contributed by atoms with Gasteiger partial charge in [0, 0.05) is 19.3 Å². The van der Waals surface area contributed by atoms with Crippen molar-refractivity contribution in [2.75, 3.05) is 20.2 Å². The first-order valence-electron chi connectivity index (χ1n) is 9.64. The minimum Gasteiger partial charge on any atom is -0.497 e. The van der Waals surface area contributed by atoms with E-state index in [9.17, 15) is 4.39 Å². The van der Waals surface area contributed by atoms with Gasteiger partial charge in [0.2, 0.25) is 0 Å². The fourth-order valence-corrected chi connectivity index (χ4v) is 2.84. The summed E-state index contributed by atoms with van der Waals surface area (Å²) in [6.45, 7) is 3.78. The van der Waals surface area contributed by atoms with Gasteiger partial charge in [-0.3, -0.25) is 0 Å². The third kappa shape index (κ3) is 6.72. The zero-order chi connectivity index (χ0) is 20.5. The molecule has 6 nitrogen and oxygen atoms in total. The monoisotopic (exact) mass is 523 g/mol. The van der Waals surface area contributed by atoms with E-state index < -0.39 is 0 Å². The molecule has 0 bridgehead atoms. The molecule has 0 radical (unpaired) electrons. The molecule has 30 heavy (non-hydrogen) atoms. The lowest BCUT2D eigenvalue weighted by Crippen LogP contribution is -2.38. The van der Waals surface area contributed by atoms with Crippen molar-refractivity contribution in [3.05, 3.63) is 77.9 Å². The minimum absolute atomic E-state index is 0. The van der Waals surface area contributed by atoms with Crippen LogP contribution in [-0.4, -0.2) is 35.9 Å². The maximum atomic E-state index is 13.7. The molecule has 0 saturated heterocycles. The molecule has 3 aromatic rings. The molecule has 0 saturated carbocycles. The summed E-state index contributed by atoms with van der Waals surface area (Å²) < 4.78 is 20.7. The average Bonchev–Trinajstić information content (AvgIpc) is 3.22. The number of hydrogen-bond donors (Lipinski definition) is 2. The number of aromatic nitrogens is 2. The van der Waals surface area contributed by atoms with E-state index in [2.05, 4.69) is 20.7 Å². The van der Waals surface area contributed by atoms with Gasteiger partial charge in [-0.15, -0.1) is 24.0 Å². The number of guanidine groups is 1. The maximum absolute atomic E-state index is 13.7. The molecule has 0 amide bonds. The Kier molecular flexibility index (Phi) is 9.59. The van der Waals surface area contributed by atoms with Crippen LogP contribution in [0, 0.1) is 5.82 Å². The Labute approximate surface area is 193 Å². The first-order valence-corrected chi connectivity index (χ1v) is 9.64. The molecule has 0 atom stereocenters. The second-order valence-electron chi connectivity index (χ2n) is 6.41. The van der Waals surface area contributed by atoms with Crippen LogP contribution in [0.2, 0.25) is 0 Å². The zero-order valence-electron chi connectivity index (χ0n) is 17.1. The van der Waals surface area contributed by atoms with Gasteiger partial charge < -0.3 is 15.4 Å². The van der Waals surface area contributed by atoms with E-state index in [-0.39, 0.29) is 29.8 Å². The van der Waals surface area contributed by atoms with Crippen LogP contribution in [0.15, 0.2) is 65.8 Å². The van der Waals surface area contributed by atoms with Gasteiger partial charge in [-0.05, 0) is 55.3 Å². The van der Waals surface area contributed by atoms with Gasteiger partial charge in [0.25, 0.3) is 0 Å². The molecule has 0 aliphatic carbocycles. The molecule has 1 heterocycles. The number of nitrogens with zero attached hydrogens (tertiary/aromatic N) is 3. The van der Waals surface area contributed by atoms with Crippen LogP contribution < -0.4 is 15.4 Å². The molecule has 160 valence electrons. The molecular weight excluding hydrogens is 496 g/mol. The molecule has 1 aromatic heterocycles. The summed E-state index contributed by atoms with van der Waals surface area (Å²) in [5.74, 6) is 1.31. The Hall–Kier alpha value is -2.62. The van der Waals surface area contributed by atoms with Crippen LogP contribution in [0.1, 0.15) is 18.2 Å². The third-order valence-corrected chi connectivity index (χ3v) is 4.37. The Morgan fingerprint density at radius 1 is 1.10 bits per heavy atom. The first-order chi connectivity index (χ1) is 14.2. The van der Waals surface area contributed by atoms with Gasteiger partial charge in [-0.1, -0.05) is 18.2 Å². The number of nitrogens with one attached hydrogen (secondary N) is 2. The zero-order valence-corrected chi connectivity index (χ0v) is 19.5. The van der Waals surface area contributed by atoms with Crippen LogP contribution in [0.3, 0.4) is 0 Å². The van der Waals surface area contributed by atoms with Crippen molar-refractivity contribution in [2.24, 2.45) is 4.99 Å². The fourth-order valence-electron chi connectivity index (χ4n) is 2.84. The molecule has 0 spiro atoms. The van der Waals surface area contributed by atoms with Gasteiger partial charge in [0.05, 0.1) is 25.0 Å². The topological polar surface area (TPSA) is 63.5 Å². The van der Waals surface area contributed by atoms with Crippen LogP contribution in [0.25, 0.3) is 5.69 Å². The summed E-state index contributed by atoms with van der Waals surface area (Å²) in [6.07, 6.45) is 2.49. The molecule has 2 aromatic carbocycles. The van der Waals surface area contributed by atoms with E-state index in [0.717, 1.165) is 23.7 Å². The van der Waals surface area contributed by atoms with Gasteiger partial charge in [-0.2, -0.15) is 5.10 Å². The van der Waals surface area contributed by atoms with Crippen molar-refractivity contribution < 1.29 is 9.13 Å². The fraction of sp³-hybridized carbons (Fsp3) is 0.273. The molecule has 0 unspecified atom stereocenters. The molecular formula is C22H27FIN5O. The molecule has 0 aliphatic heterocycles. The van der Waals surface area contributed by atoms with Crippen molar-refractivity contribution in [3.8, 4) is 11.4 Å². The highest BCUT2D eigenvalue weighted by molar-refractivity contribution is 14.0. The van der Waals surface area contributed by atoms with Crippen LogP contribution in [-0.2, 0) is 13.0 Å². The lowest BCUT2D eigenvalue weighted by Gasteiger charge is -2.11. The Morgan fingerprint density at radius 2 is 1.87 bits per heavy atom. The second kappa shape index (κ2) is 12.2. The van der Waals surface area contributed by atoms with Crippen molar-refractivity contribution in [3.63, 3.8) is 0 Å². The number of ether oxygens (including phenoxy) is 1. The summed E-state index contributed by atoms with van der Waals surface area (Å²) in [6, 6.07) is 16.5. The van der Waals surface area contributed by atoms with Crippen LogP contribution in [0.5, 0.6) is 5.75 Å². The predicted molar refractivity (Wildman–Crippen MR) is 128 cm³/mol. The summed E-state index contributed by atoms with van der Waals surface area (Å²) in [5.41, 5.74) is 2.50. The Bertz CT molecular complexity index is 943. The van der Waals surface area contributed by atoms with Gasteiger partial charge in [0.15, 0.2) is 5.96 Å². The number of benzene rings is 2. The van der Waals surface area contributed by atoms with E-state index in [4.69, 9.17) is 4.74 Å². The van der Waals surface area contributed by atoms with Gasteiger partial charge in [-0.25, -0.2) is 14.1 Å².